The van der Waals surface area contributed by atoms with Crippen LogP contribution < -0.4 is 5.32 Å². The number of amides is 1. The average Bonchev–Trinajstić information content (AvgIpc) is 3.14. The molecule has 9 atom stereocenters. The van der Waals surface area contributed by atoms with Crippen LogP contribution in [0, 0.1) is 58.2 Å². The van der Waals surface area contributed by atoms with Crippen molar-refractivity contribution in [3.63, 3.8) is 0 Å². The molecule has 0 spiro atoms. The fourth-order valence-corrected chi connectivity index (χ4v) is 10.1. The van der Waals surface area contributed by atoms with Crippen molar-refractivity contribution in [3.8, 4) is 0 Å². The number of hydrogen-bond acceptors (Lipinski definition) is 3. The van der Waals surface area contributed by atoms with E-state index in [0.717, 1.165) is 49.0 Å². The van der Waals surface area contributed by atoms with Gasteiger partial charge in [0.25, 0.3) is 0 Å². The number of nitrogens with one attached hydrogen (secondary N) is 1. The largest absolute Gasteiger partial charge is 0.449 e. The lowest BCUT2D eigenvalue weighted by molar-refractivity contribution is -0.124. The summed E-state index contributed by atoms with van der Waals surface area (Å²) in [5.41, 5.74) is 0.464. The zero-order valence-electron chi connectivity index (χ0n) is 24.6. The fraction of sp³-hybridized carbons (Fsp3) is 0.969. The van der Waals surface area contributed by atoms with E-state index in [1.54, 1.807) is 0 Å². The molecular formula is C32H57NO3. The molecule has 0 aromatic rings. The molecule has 36 heavy (non-hydrogen) atoms. The topological polar surface area (TPSA) is 58.6 Å². The van der Waals surface area contributed by atoms with Crippen LogP contribution in [0.25, 0.3) is 0 Å². The monoisotopic (exact) mass is 503 g/mol. The summed E-state index contributed by atoms with van der Waals surface area (Å²) < 4.78 is 5.30. The van der Waals surface area contributed by atoms with Crippen LogP contribution in [0.5, 0.6) is 0 Å². The first kappa shape index (κ1) is 28.2. The van der Waals surface area contributed by atoms with Gasteiger partial charge in [-0.15, -0.1) is 0 Å². The first-order valence-electron chi connectivity index (χ1n) is 15.5. The van der Waals surface area contributed by atoms with E-state index in [2.05, 4.69) is 39.9 Å². The van der Waals surface area contributed by atoms with Crippen molar-refractivity contribution in [1.82, 2.24) is 5.32 Å². The minimum absolute atomic E-state index is 0.255. The van der Waals surface area contributed by atoms with Crippen molar-refractivity contribution in [1.29, 1.82) is 0 Å². The molecule has 4 saturated carbocycles. The van der Waals surface area contributed by atoms with Gasteiger partial charge < -0.3 is 15.2 Å². The van der Waals surface area contributed by atoms with Crippen molar-refractivity contribution in [3.05, 3.63) is 0 Å². The van der Waals surface area contributed by atoms with Gasteiger partial charge in [-0.25, -0.2) is 4.79 Å². The molecule has 208 valence electrons. The molecular weight excluding hydrogens is 446 g/mol. The lowest BCUT2D eigenvalue weighted by Crippen LogP contribution is -2.54. The molecule has 4 rings (SSSR count). The van der Waals surface area contributed by atoms with Crippen LogP contribution in [0.1, 0.15) is 119 Å². The first-order chi connectivity index (χ1) is 16.8. The Labute approximate surface area is 222 Å². The normalized spacial score (nSPS) is 41.2. The fourth-order valence-electron chi connectivity index (χ4n) is 10.1. The van der Waals surface area contributed by atoms with Crippen LogP contribution in [0.3, 0.4) is 0 Å². The van der Waals surface area contributed by atoms with Crippen LogP contribution >= 0.6 is 0 Å². The van der Waals surface area contributed by atoms with E-state index in [9.17, 15) is 9.90 Å². The van der Waals surface area contributed by atoms with E-state index in [0.29, 0.717) is 35.2 Å². The summed E-state index contributed by atoms with van der Waals surface area (Å²) in [7, 11) is 0. The molecule has 1 amide bonds. The standard InChI is InChI=1S/C32H57NO3/c1-21(2)20-36-29(34)33-17-14-22(3)26-10-11-27-25-9-8-24-18-23(19-30(4,5)35)12-15-31(24,6)28(25)13-16-32(26,27)7/h21-28,35H,8-20H2,1-7H3,(H,33,34)/t22-,23-,24-,25+,26-,27+,28+,31+,32-/m1/s1. The Morgan fingerprint density at radius 1 is 1.00 bits per heavy atom. The second kappa shape index (κ2) is 10.8. The summed E-state index contributed by atoms with van der Waals surface area (Å²) in [4.78, 5) is 12.0. The van der Waals surface area contributed by atoms with Crippen molar-refractivity contribution in [2.75, 3.05) is 13.2 Å². The first-order valence-corrected chi connectivity index (χ1v) is 15.5. The van der Waals surface area contributed by atoms with Gasteiger partial charge in [0, 0.05) is 6.54 Å². The van der Waals surface area contributed by atoms with Gasteiger partial charge in [-0.3, -0.25) is 0 Å². The zero-order valence-corrected chi connectivity index (χ0v) is 24.6. The number of ether oxygens (including phenoxy) is 1. The second-order valence-electron chi connectivity index (χ2n) is 15.2. The van der Waals surface area contributed by atoms with Gasteiger partial charge in [-0.1, -0.05) is 34.6 Å². The summed E-state index contributed by atoms with van der Waals surface area (Å²) >= 11 is 0. The number of aliphatic hydroxyl groups is 1. The van der Waals surface area contributed by atoms with Gasteiger partial charge >= 0.3 is 6.09 Å². The molecule has 0 bridgehead atoms. The van der Waals surface area contributed by atoms with Crippen LogP contribution in [-0.4, -0.2) is 30.0 Å². The molecule has 0 radical (unpaired) electrons. The molecule has 0 heterocycles. The molecule has 4 nitrogen and oxygen atoms in total. The quantitative estimate of drug-likeness (QED) is 0.355. The van der Waals surface area contributed by atoms with Crippen LogP contribution in [-0.2, 0) is 4.74 Å². The highest BCUT2D eigenvalue weighted by molar-refractivity contribution is 5.67. The molecule has 0 aliphatic heterocycles. The van der Waals surface area contributed by atoms with E-state index < -0.39 is 5.60 Å². The predicted octanol–water partition coefficient (Wildman–Crippen LogP) is 7.83. The van der Waals surface area contributed by atoms with Crippen molar-refractivity contribution >= 4 is 6.09 Å². The lowest BCUT2D eigenvalue weighted by Gasteiger charge is -2.61. The van der Waals surface area contributed by atoms with Crippen molar-refractivity contribution in [2.24, 2.45) is 58.2 Å². The Bertz CT molecular complexity index is 759. The maximum absolute atomic E-state index is 12.0. The van der Waals surface area contributed by atoms with Gasteiger partial charge in [0.1, 0.15) is 0 Å². The van der Waals surface area contributed by atoms with Gasteiger partial charge in [0.05, 0.1) is 12.2 Å². The van der Waals surface area contributed by atoms with Gasteiger partial charge in [-0.2, -0.15) is 0 Å². The number of carbonyl (C=O) groups is 1. The Hall–Kier alpha value is -0.770. The number of hydrogen-bond donors (Lipinski definition) is 2. The number of alkyl carbamates (subject to hydrolysis) is 1. The Kier molecular flexibility index (Phi) is 8.45. The minimum Gasteiger partial charge on any atom is -0.449 e. The number of rotatable bonds is 8. The third kappa shape index (κ3) is 5.79. The van der Waals surface area contributed by atoms with E-state index in [4.69, 9.17) is 4.74 Å². The highest BCUT2D eigenvalue weighted by Crippen LogP contribution is 2.68. The lowest BCUT2D eigenvalue weighted by atomic mass is 9.43. The number of carbonyl (C=O) groups excluding carboxylic acids is 1. The predicted molar refractivity (Wildman–Crippen MR) is 148 cm³/mol. The van der Waals surface area contributed by atoms with Crippen LogP contribution in [0.15, 0.2) is 0 Å². The molecule has 0 aromatic carbocycles. The molecule has 0 unspecified atom stereocenters. The molecule has 2 N–H and O–H groups in total. The van der Waals surface area contributed by atoms with Crippen LogP contribution in [0.2, 0.25) is 0 Å². The maximum Gasteiger partial charge on any atom is 0.407 e. The summed E-state index contributed by atoms with van der Waals surface area (Å²) in [6, 6.07) is 0. The zero-order chi connectivity index (χ0) is 26.3. The minimum atomic E-state index is -0.526. The van der Waals surface area contributed by atoms with Crippen LogP contribution in [0.4, 0.5) is 4.79 Å². The highest BCUT2D eigenvalue weighted by Gasteiger charge is 2.60. The summed E-state index contributed by atoms with van der Waals surface area (Å²) in [5.74, 6) is 6.08. The Balaban J connectivity index is 1.34. The molecule has 4 fully saturated rings. The van der Waals surface area contributed by atoms with Gasteiger partial charge in [0.2, 0.25) is 0 Å². The average molecular weight is 504 g/mol. The van der Waals surface area contributed by atoms with Crippen molar-refractivity contribution in [2.45, 2.75) is 125 Å². The summed E-state index contributed by atoms with van der Waals surface area (Å²) in [6.45, 7) is 17.1. The molecule has 0 aromatic heterocycles. The van der Waals surface area contributed by atoms with Gasteiger partial charge in [-0.05, 0) is 143 Å². The van der Waals surface area contributed by atoms with Gasteiger partial charge in [0.15, 0.2) is 0 Å². The Morgan fingerprint density at radius 2 is 1.69 bits per heavy atom. The maximum atomic E-state index is 12.0. The molecule has 0 saturated heterocycles. The molecule has 4 aliphatic carbocycles. The SMILES string of the molecule is CC(C)COC(=O)NCC[C@@H](C)[C@H]1CC[C@H]2[C@@H]3CC[C@@H]4C[C@H](CC(C)(C)O)CC[C@]4(C)[C@H]3CC[C@]12C. The van der Waals surface area contributed by atoms with E-state index in [1.165, 1.54) is 57.8 Å². The Morgan fingerprint density at radius 3 is 2.39 bits per heavy atom. The van der Waals surface area contributed by atoms with E-state index in [1.807, 2.05) is 13.8 Å². The molecule has 4 aliphatic rings. The van der Waals surface area contributed by atoms with Crippen molar-refractivity contribution < 1.29 is 14.6 Å². The highest BCUT2D eigenvalue weighted by atomic mass is 16.5. The second-order valence-corrected chi connectivity index (χ2v) is 15.2. The number of fused-ring (bicyclic) bond motifs is 5. The third-order valence-electron chi connectivity index (χ3n) is 11.7. The summed E-state index contributed by atoms with van der Waals surface area (Å²) in [6.07, 6.45) is 14.3. The smallest absolute Gasteiger partial charge is 0.407 e. The summed E-state index contributed by atoms with van der Waals surface area (Å²) in [5, 5.41) is 13.4. The van der Waals surface area contributed by atoms with E-state index >= 15 is 0 Å². The third-order valence-corrected chi connectivity index (χ3v) is 11.7. The molecule has 4 heteroatoms. The van der Waals surface area contributed by atoms with E-state index in [-0.39, 0.29) is 6.09 Å².